The minimum Gasteiger partial charge on any atom is -0.383 e. The van der Waals surface area contributed by atoms with Crippen LogP contribution in [0.5, 0.6) is 0 Å². The molecule has 0 saturated carbocycles. The van der Waals surface area contributed by atoms with E-state index in [0.717, 1.165) is 0 Å². The molecule has 6 aromatic rings. The standard InChI is InChI=1S/C63H74B3N/c1-37-24-43(7)58(44(8)25-37)64(59-45(9)26-38(2)27-46(59)10)23-22-56-20-21-57(55(19)65(60-47(11)28-39(3)29-48(60)12)61-49(13)30-40(4)31-50(61)14)67(36-56)66(62-51(15)32-41(5)33-52(62)16)63-53(17)34-42(6)35-54(63)18/h20-36H,1-19H3/b23-22+,57-55+. The molecule has 1 aliphatic heterocycles. The summed E-state index contributed by atoms with van der Waals surface area (Å²) in [5.74, 6) is 2.49. The van der Waals surface area contributed by atoms with E-state index in [0.29, 0.717) is 0 Å². The molecule has 1 heterocycles. The first kappa shape index (κ1) is 49.2. The number of nitrogens with zero attached hydrogens (tertiary/aromatic N) is 1. The lowest BCUT2D eigenvalue weighted by Crippen LogP contribution is -2.58. The molecule has 4 heteroatoms. The molecular formula is C63H74B3N. The number of allylic oxidation sites excluding steroid dienone is 5. The highest BCUT2D eigenvalue weighted by molar-refractivity contribution is 6.92. The van der Waals surface area contributed by atoms with Crippen molar-refractivity contribution in [3.63, 3.8) is 0 Å². The summed E-state index contributed by atoms with van der Waals surface area (Å²) < 4.78 is 0. The monoisotopic (exact) mass is 878 g/mol. The van der Waals surface area contributed by atoms with Crippen molar-refractivity contribution in [2.45, 2.75) is 132 Å². The lowest BCUT2D eigenvalue weighted by atomic mass is 9.33. The van der Waals surface area contributed by atoms with Gasteiger partial charge in [-0.05, 0) is 160 Å². The molecule has 0 N–H and O–H groups in total. The maximum Gasteiger partial charge on any atom is 0.328 e. The molecule has 1 nitrogen and oxygen atoms in total. The molecule has 0 aliphatic carbocycles. The Labute approximate surface area is 407 Å². The van der Waals surface area contributed by atoms with E-state index in [-0.39, 0.29) is 20.3 Å². The first-order valence-electron chi connectivity index (χ1n) is 24.6. The van der Waals surface area contributed by atoms with Gasteiger partial charge in [0.25, 0.3) is 0 Å². The van der Waals surface area contributed by atoms with E-state index < -0.39 is 0 Å². The van der Waals surface area contributed by atoms with Gasteiger partial charge in [0.1, 0.15) is 0 Å². The van der Waals surface area contributed by atoms with Crippen LogP contribution in [-0.4, -0.2) is 25.1 Å². The average Bonchev–Trinajstić information content (AvgIpc) is 3.19. The third kappa shape index (κ3) is 9.83. The molecule has 0 spiro atoms. The van der Waals surface area contributed by atoms with Gasteiger partial charge in [-0.15, -0.1) is 5.98 Å². The van der Waals surface area contributed by atoms with Crippen LogP contribution in [0.25, 0.3) is 0 Å². The molecule has 1 aliphatic rings. The Balaban J connectivity index is 1.58. The molecule has 6 aromatic carbocycles. The Morgan fingerprint density at radius 2 is 0.627 bits per heavy atom. The van der Waals surface area contributed by atoms with Gasteiger partial charge in [-0.3, -0.25) is 0 Å². The second-order valence-corrected chi connectivity index (χ2v) is 21.0. The average molecular weight is 878 g/mol. The maximum absolute atomic E-state index is 2.68. The summed E-state index contributed by atoms with van der Waals surface area (Å²) in [6.07, 6.45) is 9.73. The van der Waals surface area contributed by atoms with Gasteiger partial charge in [0.05, 0.1) is 0 Å². The van der Waals surface area contributed by atoms with Gasteiger partial charge in [0.15, 0.2) is 0 Å². The molecule has 0 radical (unpaired) electrons. The fourth-order valence-corrected chi connectivity index (χ4v) is 12.8. The van der Waals surface area contributed by atoms with E-state index in [9.17, 15) is 0 Å². The van der Waals surface area contributed by atoms with E-state index in [1.54, 1.807) is 0 Å². The van der Waals surface area contributed by atoms with Crippen LogP contribution >= 0.6 is 0 Å². The van der Waals surface area contributed by atoms with Crippen LogP contribution in [0.2, 0.25) is 0 Å². The first-order chi connectivity index (χ1) is 31.6. The van der Waals surface area contributed by atoms with Gasteiger partial charge < -0.3 is 4.81 Å². The Kier molecular flexibility index (Phi) is 14.3. The predicted molar refractivity (Wildman–Crippen MR) is 300 cm³/mol. The maximum atomic E-state index is 2.68. The molecule has 7 rings (SSSR count). The summed E-state index contributed by atoms with van der Waals surface area (Å²) in [6.45, 7) is 43.6. The molecule has 67 heavy (non-hydrogen) atoms. The third-order valence-corrected chi connectivity index (χ3v) is 14.8. The van der Waals surface area contributed by atoms with Gasteiger partial charge in [-0.1, -0.05) is 212 Å². The van der Waals surface area contributed by atoms with Crippen molar-refractivity contribution in [3.8, 4) is 0 Å². The van der Waals surface area contributed by atoms with E-state index in [2.05, 4.69) is 240 Å². The highest BCUT2D eigenvalue weighted by atomic mass is 15.1. The number of aryl methyl sites for hydroxylation is 18. The highest BCUT2D eigenvalue weighted by Gasteiger charge is 2.38. The van der Waals surface area contributed by atoms with Crippen LogP contribution in [0.3, 0.4) is 0 Å². The smallest absolute Gasteiger partial charge is 0.328 e. The first-order valence-corrected chi connectivity index (χ1v) is 24.6. The van der Waals surface area contributed by atoms with Gasteiger partial charge in [0.2, 0.25) is 13.4 Å². The minimum atomic E-state index is -0.0838. The summed E-state index contributed by atoms with van der Waals surface area (Å²) in [5.41, 5.74) is 36.0. The van der Waals surface area contributed by atoms with Crippen molar-refractivity contribution in [2.24, 2.45) is 0 Å². The number of hydrogen-bond donors (Lipinski definition) is 0. The largest absolute Gasteiger partial charge is 0.383 e. The van der Waals surface area contributed by atoms with Crippen molar-refractivity contribution in [1.82, 2.24) is 4.81 Å². The zero-order valence-electron chi connectivity index (χ0n) is 44.5. The van der Waals surface area contributed by atoms with E-state index in [1.807, 2.05) is 0 Å². The predicted octanol–water partition coefficient (Wildman–Crippen LogP) is 11.6. The fourth-order valence-electron chi connectivity index (χ4n) is 12.8. The van der Waals surface area contributed by atoms with E-state index in [1.165, 1.54) is 150 Å². The quantitative estimate of drug-likeness (QED) is 0.124. The van der Waals surface area contributed by atoms with Crippen LogP contribution in [0.4, 0.5) is 0 Å². The topological polar surface area (TPSA) is 3.24 Å². The van der Waals surface area contributed by atoms with Crippen LogP contribution < -0.4 is 32.8 Å². The van der Waals surface area contributed by atoms with Crippen LogP contribution in [0, 0.1) is 125 Å². The second kappa shape index (κ2) is 19.5. The van der Waals surface area contributed by atoms with Gasteiger partial charge in [-0.25, -0.2) is 0 Å². The Morgan fingerprint density at radius 3 is 0.925 bits per heavy atom. The molecule has 0 aromatic heterocycles. The normalized spacial score (nSPS) is 13.4. The van der Waals surface area contributed by atoms with Crippen LogP contribution in [-0.2, 0) is 0 Å². The fraction of sp³-hybridized carbons (Fsp3) is 0.302. The summed E-state index contributed by atoms with van der Waals surface area (Å²) in [6, 6.07) is 28.5. The number of benzene rings is 6. The van der Waals surface area contributed by atoms with Crippen molar-refractivity contribution >= 4 is 53.1 Å². The molecule has 340 valence electrons. The van der Waals surface area contributed by atoms with Crippen molar-refractivity contribution < 1.29 is 0 Å². The van der Waals surface area contributed by atoms with Gasteiger partial charge in [-0.2, -0.15) is 0 Å². The minimum absolute atomic E-state index is 0.0410. The van der Waals surface area contributed by atoms with E-state index >= 15 is 0 Å². The zero-order chi connectivity index (χ0) is 48.9. The lowest BCUT2D eigenvalue weighted by Gasteiger charge is -2.38. The van der Waals surface area contributed by atoms with Gasteiger partial charge in [0, 0.05) is 5.70 Å². The van der Waals surface area contributed by atoms with Crippen molar-refractivity contribution in [1.29, 1.82) is 0 Å². The Hall–Kier alpha value is -5.73. The summed E-state index contributed by atoms with van der Waals surface area (Å²) in [4.78, 5) is 2.68. The molecule has 0 fully saturated rings. The second-order valence-electron chi connectivity index (χ2n) is 21.0. The molecule has 0 bridgehead atoms. The van der Waals surface area contributed by atoms with Crippen molar-refractivity contribution in [3.05, 3.63) is 220 Å². The number of hydrogen-bond acceptors (Lipinski definition) is 1. The molecule has 0 amide bonds. The van der Waals surface area contributed by atoms with Crippen molar-refractivity contribution in [2.75, 3.05) is 0 Å². The third-order valence-electron chi connectivity index (χ3n) is 14.8. The molecule has 0 unspecified atom stereocenters. The van der Waals surface area contributed by atoms with Crippen LogP contribution in [0.15, 0.2) is 120 Å². The summed E-state index contributed by atoms with van der Waals surface area (Å²) in [7, 11) is 0. The van der Waals surface area contributed by atoms with E-state index in [4.69, 9.17) is 0 Å². The lowest BCUT2D eigenvalue weighted by molar-refractivity contribution is 0.731. The molecule has 0 saturated heterocycles. The summed E-state index contributed by atoms with van der Waals surface area (Å²) in [5, 5.41) is 0. The summed E-state index contributed by atoms with van der Waals surface area (Å²) >= 11 is 0. The molecule has 0 atom stereocenters. The zero-order valence-corrected chi connectivity index (χ0v) is 44.5. The number of rotatable bonds is 10. The molecular weight excluding hydrogens is 803 g/mol. The van der Waals surface area contributed by atoms with Gasteiger partial charge >= 0.3 is 6.85 Å². The highest BCUT2D eigenvalue weighted by Crippen LogP contribution is 2.29. The van der Waals surface area contributed by atoms with Crippen LogP contribution in [0.1, 0.15) is 107 Å². The Bertz CT molecular complexity index is 2770. The SMILES string of the molecule is C/C(B(c1c(C)cc(C)cc1C)c1c(C)cc(C)cc1C)=C1/C=CC(/C=C/B(c2c(C)cc(C)cc2C)c2c(C)cc(C)cc2C)=CN1B(c1c(C)cc(C)cc1C)c1c(C)cc(C)cc1C. The Morgan fingerprint density at radius 1 is 0.358 bits per heavy atom.